The topological polar surface area (TPSA) is 49.3 Å². The average molecular weight is 289 g/mol. The van der Waals surface area contributed by atoms with E-state index in [0.29, 0.717) is 5.69 Å². The Morgan fingerprint density at radius 1 is 1.06 bits per heavy atom. The molecule has 3 nitrogen and oxygen atoms in total. The van der Waals surface area contributed by atoms with Gasteiger partial charge in [-0.25, -0.2) is 0 Å². The van der Waals surface area contributed by atoms with Gasteiger partial charge >= 0.3 is 108 Å². The molecule has 2 rings (SSSR count). The summed E-state index contributed by atoms with van der Waals surface area (Å²) in [5.41, 5.74) is 2.88. The molecular weight excluding hydrogens is 277 g/mol. The van der Waals surface area contributed by atoms with Crippen LogP contribution in [0.5, 0.6) is 0 Å². The molecule has 0 saturated carbocycles. The first-order chi connectivity index (χ1) is 8.16. The van der Waals surface area contributed by atoms with E-state index < -0.39 is 6.09 Å². The molecule has 0 fully saturated rings. The van der Waals surface area contributed by atoms with Gasteiger partial charge in [-0.3, -0.25) is 0 Å². The molecule has 4 heteroatoms. The standard InChI is InChI=1S/C13H12AsNO2/c14-11-8-10(9-4-2-1-3-5-9)6-7-12(11)15-13(16)17/h1-8,15H,14H2,(H,16,17). The first-order valence-corrected chi connectivity index (χ1v) is 6.33. The number of anilines is 1. The fourth-order valence-electron chi connectivity index (χ4n) is 1.60. The number of amides is 1. The molecule has 1 unspecified atom stereocenters. The second-order valence-corrected chi connectivity index (χ2v) is 4.90. The number of rotatable bonds is 2. The van der Waals surface area contributed by atoms with Crippen LogP contribution in [0.15, 0.2) is 48.5 Å². The van der Waals surface area contributed by atoms with Gasteiger partial charge in [0, 0.05) is 0 Å². The van der Waals surface area contributed by atoms with Crippen LogP contribution in [-0.4, -0.2) is 28.1 Å². The summed E-state index contributed by atoms with van der Waals surface area (Å²) in [6.07, 6.45) is -1.03. The number of hydrogen-bond acceptors (Lipinski definition) is 1. The van der Waals surface area contributed by atoms with Crippen molar-refractivity contribution in [1.29, 1.82) is 0 Å². The second kappa shape index (κ2) is 5.07. The van der Waals surface area contributed by atoms with E-state index >= 15 is 0 Å². The Bertz CT molecular complexity index is 540. The number of benzene rings is 2. The molecule has 0 bridgehead atoms. The van der Waals surface area contributed by atoms with Crippen molar-refractivity contribution in [2.75, 3.05) is 5.32 Å². The SMILES string of the molecule is O=C(O)Nc1ccc(-c2ccccc2)cc1[AsH2]. The van der Waals surface area contributed by atoms with Gasteiger partial charge < -0.3 is 0 Å². The fraction of sp³-hybridized carbons (Fsp3) is 0. The number of hydrogen-bond donors (Lipinski definition) is 2. The molecule has 86 valence electrons. The Labute approximate surface area is 108 Å². The van der Waals surface area contributed by atoms with Crippen LogP contribution in [0.4, 0.5) is 10.5 Å². The Morgan fingerprint density at radius 2 is 1.76 bits per heavy atom. The van der Waals surface area contributed by atoms with Crippen molar-refractivity contribution in [3.05, 3.63) is 48.5 Å². The van der Waals surface area contributed by atoms with Crippen LogP contribution >= 0.6 is 0 Å². The van der Waals surface area contributed by atoms with Crippen LogP contribution in [-0.2, 0) is 0 Å². The van der Waals surface area contributed by atoms with E-state index in [9.17, 15) is 4.79 Å². The summed E-state index contributed by atoms with van der Waals surface area (Å²) in [5, 5.41) is 11.1. The molecule has 17 heavy (non-hydrogen) atoms. The minimum absolute atomic E-state index is 0.650. The molecule has 0 aromatic heterocycles. The summed E-state index contributed by atoms with van der Waals surface area (Å²) in [7, 11) is 0. The number of nitrogens with one attached hydrogen (secondary N) is 1. The van der Waals surface area contributed by atoms with Gasteiger partial charge in [0.25, 0.3) is 0 Å². The zero-order valence-electron chi connectivity index (χ0n) is 9.05. The van der Waals surface area contributed by atoms with Crippen molar-refractivity contribution < 1.29 is 9.90 Å². The molecule has 2 aromatic rings. The normalized spacial score (nSPS) is 9.94. The third-order valence-corrected chi connectivity index (χ3v) is 3.40. The molecule has 2 N–H and O–H groups in total. The molecule has 1 amide bonds. The number of carbonyl (C=O) groups is 1. The molecule has 0 radical (unpaired) electrons. The Balaban J connectivity index is 2.34. The molecule has 1 atom stereocenters. The molecule has 0 aliphatic heterocycles. The molecule has 0 saturated heterocycles. The number of carboxylic acid groups (broad SMARTS) is 1. The summed E-state index contributed by atoms with van der Waals surface area (Å²) in [6.45, 7) is 0. The van der Waals surface area contributed by atoms with E-state index in [0.717, 1.165) is 15.5 Å². The Kier molecular flexibility index (Phi) is 3.50. The molecule has 0 spiro atoms. The van der Waals surface area contributed by atoms with Crippen molar-refractivity contribution in [2.24, 2.45) is 0 Å². The van der Waals surface area contributed by atoms with Gasteiger partial charge in [-0.1, -0.05) is 0 Å². The van der Waals surface area contributed by atoms with E-state index in [-0.39, 0.29) is 0 Å². The van der Waals surface area contributed by atoms with Gasteiger partial charge in [0.1, 0.15) is 0 Å². The van der Waals surface area contributed by atoms with E-state index in [2.05, 4.69) is 5.32 Å². The van der Waals surface area contributed by atoms with Crippen molar-refractivity contribution in [3.8, 4) is 11.1 Å². The molecule has 0 aliphatic carbocycles. The Hall–Kier alpha value is -1.73. The van der Waals surface area contributed by atoms with Gasteiger partial charge in [0.2, 0.25) is 0 Å². The maximum atomic E-state index is 10.6. The summed E-state index contributed by atoms with van der Waals surface area (Å²) < 4.78 is 0.973. The summed E-state index contributed by atoms with van der Waals surface area (Å²) in [6, 6.07) is 15.7. The predicted molar refractivity (Wildman–Crippen MR) is 71.7 cm³/mol. The van der Waals surface area contributed by atoms with Crippen LogP contribution in [0.3, 0.4) is 0 Å². The van der Waals surface area contributed by atoms with Crippen LogP contribution in [0, 0.1) is 0 Å². The summed E-state index contributed by atoms with van der Waals surface area (Å²) in [4.78, 5) is 10.6. The van der Waals surface area contributed by atoms with Crippen LogP contribution in [0.25, 0.3) is 11.1 Å². The van der Waals surface area contributed by atoms with Gasteiger partial charge in [-0.05, 0) is 0 Å². The zero-order chi connectivity index (χ0) is 12.3. The third-order valence-electron chi connectivity index (χ3n) is 2.40. The van der Waals surface area contributed by atoms with Crippen LogP contribution in [0.2, 0.25) is 0 Å². The van der Waals surface area contributed by atoms with E-state index in [1.807, 2.05) is 42.5 Å². The first-order valence-electron chi connectivity index (χ1n) is 5.12. The van der Waals surface area contributed by atoms with Crippen molar-refractivity contribution >= 4 is 33.0 Å². The molecule has 0 heterocycles. The third kappa shape index (κ3) is 2.89. The van der Waals surface area contributed by atoms with E-state index in [1.54, 1.807) is 6.07 Å². The Morgan fingerprint density at radius 3 is 2.35 bits per heavy atom. The first kappa shape index (κ1) is 11.7. The monoisotopic (exact) mass is 289 g/mol. The van der Waals surface area contributed by atoms with Crippen molar-refractivity contribution in [2.45, 2.75) is 0 Å². The molecule has 2 aromatic carbocycles. The van der Waals surface area contributed by atoms with Crippen LogP contribution < -0.4 is 9.67 Å². The zero-order valence-corrected chi connectivity index (χ0v) is 11.5. The van der Waals surface area contributed by atoms with Gasteiger partial charge in [-0.2, -0.15) is 0 Å². The molecule has 0 aliphatic rings. The van der Waals surface area contributed by atoms with Gasteiger partial charge in [0.05, 0.1) is 0 Å². The minimum atomic E-state index is -1.03. The van der Waals surface area contributed by atoms with Gasteiger partial charge in [0.15, 0.2) is 0 Å². The van der Waals surface area contributed by atoms with Gasteiger partial charge in [-0.15, -0.1) is 0 Å². The van der Waals surface area contributed by atoms with Crippen molar-refractivity contribution in [1.82, 2.24) is 0 Å². The maximum absolute atomic E-state index is 10.6. The van der Waals surface area contributed by atoms with Crippen LogP contribution in [0.1, 0.15) is 0 Å². The summed E-state index contributed by atoms with van der Waals surface area (Å²) >= 11 is 1.40. The second-order valence-electron chi connectivity index (χ2n) is 3.60. The van der Waals surface area contributed by atoms with E-state index in [1.165, 1.54) is 16.9 Å². The molecular formula is C13H12AsNO2. The summed E-state index contributed by atoms with van der Waals surface area (Å²) in [5.74, 6) is 0. The van der Waals surface area contributed by atoms with E-state index in [4.69, 9.17) is 5.11 Å². The predicted octanol–water partition coefficient (Wildman–Crippen LogP) is 1.70. The quantitative estimate of drug-likeness (QED) is 0.827. The average Bonchev–Trinajstić information content (AvgIpc) is 2.32. The fourth-order valence-corrected chi connectivity index (χ4v) is 2.33. The van der Waals surface area contributed by atoms with Crippen molar-refractivity contribution in [3.63, 3.8) is 0 Å².